The molecule has 2 aliphatic carbocycles. The van der Waals surface area contributed by atoms with E-state index in [0.29, 0.717) is 5.41 Å². The molecule has 3 atom stereocenters. The Kier molecular flexibility index (Phi) is 5.61. The van der Waals surface area contributed by atoms with Crippen LogP contribution in [0.1, 0.15) is 72.1 Å². The zero-order chi connectivity index (χ0) is 13.9. The number of unbranched alkanes of at least 4 members (excludes halogenated alkanes) is 4. The average Bonchev–Trinajstić information content (AvgIpc) is 2.94. The van der Waals surface area contributed by atoms with Crippen molar-refractivity contribution in [3.63, 3.8) is 0 Å². The summed E-state index contributed by atoms with van der Waals surface area (Å²) < 4.78 is 7.74. The number of hydrogen-bond acceptors (Lipinski definition) is 1. The first kappa shape index (κ1) is 16.1. The van der Waals surface area contributed by atoms with Crippen molar-refractivity contribution in [1.29, 1.82) is 0 Å². The fourth-order valence-corrected chi connectivity index (χ4v) is 6.34. The van der Waals surface area contributed by atoms with Crippen LogP contribution < -0.4 is 0 Å². The lowest BCUT2D eigenvalue weighted by molar-refractivity contribution is -0.136. The molecule has 0 spiro atoms. The Hall–Kier alpha value is 0.690. The van der Waals surface area contributed by atoms with Crippen LogP contribution in [0.5, 0.6) is 0 Å². The van der Waals surface area contributed by atoms with Crippen molar-refractivity contribution in [3.05, 3.63) is 0 Å². The van der Waals surface area contributed by atoms with Gasteiger partial charge in [-0.1, -0.05) is 69.0 Å². The second kappa shape index (κ2) is 6.64. The number of halogens is 1. The summed E-state index contributed by atoms with van der Waals surface area (Å²) in [7, 11) is 0. The van der Waals surface area contributed by atoms with Gasteiger partial charge in [0.1, 0.15) is 0 Å². The summed E-state index contributed by atoms with van der Waals surface area (Å²) in [5.74, 6) is 1.74. The molecule has 1 nitrogen and oxygen atoms in total. The summed E-state index contributed by atoms with van der Waals surface area (Å²) in [5, 5.41) is 0. The molecular weight excluding hydrogens is 347 g/mol. The Bertz CT molecular complexity index is 289. The molecule has 2 rings (SSSR count). The maximum Gasteiger partial charge on any atom is 0.0852 e. The molecule has 2 aliphatic rings. The van der Waals surface area contributed by atoms with E-state index in [2.05, 4.69) is 43.4 Å². The maximum atomic E-state index is 6.56. The van der Waals surface area contributed by atoms with Gasteiger partial charge in [-0.2, -0.15) is 0 Å². The van der Waals surface area contributed by atoms with Crippen LogP contribution in [0.15, 0.2) is 0 Å². The van der Waals surface area contributed by atoms with Crippen LogP contribution >= 0.6 is 22.6 Å². The molecule has 0 aromatic heterocycles. The molecule has 19 heavy (non-hydrogen) atoms. The van der Waals surface area contributed by atoms with Gasteiger partial charge in [-0.25, -0.2) is 0 Å². The molecular formula is C17H31IO. The second-order valence-corrected chi connectivity index (χ2v) is 7.98. The molecule has 0 aromatic carbocycles. The summed E-state index contributed by atoms with van der Waals surface area (Å²) in [6, 6.07) is 0. The highest BCUT2D eigenvalue weighted by Gasteiger charge is 2.63. The van der Waals surface area contributed by atoms with Crippen molar-refractivity contribution in [3.8, 4) is 0 Å². The SMILES string of the molecule is CCCCCCCOC1(CI)C2CCC(C2)C1(C)C. The minimum atomic E-state index is 0.182. The van der Waals surface area contributed by atoms with Crippen LogP contribution in [0.2, 0.25) is 0 Å². The summed E-state index contributed by atoms with van der Waals surface area (Å²) in [6.07, 6.45) is 11.0. The van der Waals surface area contributed by atoms with E-state index in [1.807, 2.05) is 0 Å². The summed E-state index contributed by atoms with van der Waals surface area (Å²) in [6.45, 7) is 8.19. The number of fused-ring (bicyclic) bond motifs is 2. The van der Waals surface area contributed by atoms with Gasteiger partial charge >= 0.3 is 0 Å². The Morgan fingerprint density at radius 3 is 2.32 bits per heavy atom. The fourth-order valence-electron chi connectivity index (χ4n) is 4.52. The highest BCUT2D eigenvalue weighted by Crippen LogP contribution is 2.63. The molecule has 0 saturated heterocycles. The molecule has 112 valence electrons. The first-order chi connectivity index (χ1) is 9.08. The molecule has 0 aromatic rings. The Morgan fingerprint density at radius 2 is 1.74 bits per heavy atom. The molecule has 0 heterocycles. The van der Waals surface area contributed by atoms with Gasteiger partial charge in [-0.3, -0.25) is 0 Å². The first-order valence-electron chi connectivity index (χ1n) is 8.28. The predicted molar refractivity (Wildman–Crippen MR) is 90.9 cm³/mol. The molecule has 0 aliphatic heterocycles. The Balaban J connectivity index is 1.85. The fraction of sp³-hybridized carbons (Fsp3) is 1.00. The van der Waals surface area contributed by atoms with Gasteiger partial charge in [-0.05, 0) is 42.9 Å². The molecule has 0 N–H and O–H groups in total. The standard InChI is InChI=1S/C17H31IO/c1-4-5-6-7-8-11-19-17(13-18)15-10-9-14(12-15)16(17,2)3/h14-15H,4-13H2,1-3H3. The van der Waals surface area contributed by atoms with Crippen molar-refractivity contribution in [1.82, 2.24) is 0 Å². The highest BCUT2D eigenvalue weighted by atomic mass is 127. The van der Waals surface area contributed by atoms with Gasteiger partial charge in [0.05, 0.1) is 5.60 Å². The summed E-state index contributed by atoms with van der Waals surface area (Å²) in [4.78, 5) is 0. The lowest BCUT2D eigenvalue weighted by atomic mass is 9.66. The zero-order valence-corrected chi connectivity index (χ0v) is 15.2. The van der Waals surface area contributed by atoms with Crippen molar-refractivity contribution in [2.75, 3.05) is 11.0 Å². The second-order valence-electron chi connectivity index (χ2n) is 7.21. The Morgan fingerprint density at radius 1 is 1.05 bits per heavy atom. The third-order valence-electron chi connectivity index (χ3n) is 6.01. The van der Waals surface area contributed by atoms with E-state index in [1.54, 1.807) is 0 Å². The van der Waals surface area contributed by atoms with Crippen LogP contribution in [-0.2, 0) is 4.74 Å². The van der Waals surface area contributed by atoms with E-state index in [-0.39, 0.29) is 5.60 Å². The van der Waals surface area contributed by atoms with Crippen molar-refractivity contribution >= 4 is 22.6 Å². The highest BCUT2D eigenvalue weighted by molar-refractivity contribution is 14.1. The number of ether oxygens (including phenoxy) is 1. The topological polar surface area (TPSA) is 9.23 Å². The molecule has 0 amide bonds. The molecule has 2 heteroatoms. The van der Waals surface area contributed by atoms with Gasteiger partial charge in [0.25, 0.3) is 0 Å². The van der Waals surface area contributed by atoms with Crippen molar-refractivity contribution in [2.24, 2.45) is 17.3 Å². The van der Waals surface area contributed by atoms with E-state index >= 15 is 0 Å². The van der Waals surface area contributed by atoms with E-state index in [4.69, 9.17) is 4.74 Å². The van der Waals surface area contributed by atoms with Gasteiger partial charge in [0.2, 0.25) is 0 Å². The van der Waals surface area contributed by atoms with Gasteiger partial charge in [-0.15, -0.1) is 0 Å². The third-order valence-corrected chi connectivity index (χ3v) is 7.14. The first-order valence-corrected chi connectivity index (χ1v) is 9.81. The van der Waals surface area contributed by atoms with Crippen molar-refractivity contribution < 1.29 is 4.74 Å². The van der Waals surface area contributed by atoms with Gasteiger partial charge in [0.15, 0.2) is 0 Å². The Labute approximate surface area is 133 Å². The average molecular weight is 378 g/mol. The van der Waals surface area contributed by atoms with Crippen LogP contribution in [0.25, 0.3) is 0 Å². The largest absolute Gasteiger partial charge is 0.373 e. The lowest BCUT2D eigenvalue weighted by Gasteiger charge is -2.49. The number of alkyl halides is 1. The van der Waals surface area contributed by atoms with Crippen molar-refractivity contribution in [2.45, 2.75) is 77.7 Å². The normalized spacial score (nSPS) is 36.0. The summed E-state index contributed by atoms with van der Waals surface area (Å²) in [5.41, 5.74) is 0.571. The third kappa shape index (κ3) is 2.86. The molecule has 2 bridgehead atoms. The van der Waals surface area contributed by atoms with E-state index in [0.717, 1.165) is 18.4 Å². The minimum Gasteiger partial charge on any atom is -0.373 e. The maximum absolute atomic E-state index is 6.56. The van der Waals surface area contributed by atoms with Crippen LogP contribution in [0, 0.1) is 17.3 Å². The van der Waals surface area contributed by atoms with Crippen LogP contribution in [-0.4, -0.2) is 16.6 Å². The smallest absolute Gasteiger partial charge is 0.0852 e. The quantitative estimate of drug-likeness (QED) is 0.303. The molecule has 2 saturated carbocycles. The zero-order valence-electron chi connectivity index (χ0n) is 13.0. The summed E-state index contributed by atoms with van der Waals surface area (Å²) >= 11 is 2.58. The minimum absolute atomic E-state index is 0.182. The molecule has 0 radical (unpaired) electrons. The predicted octanol–water partition coefficient (Wildman–Crippen LogP) is 5.60. The van der Waals surface area contributed by atoms with Gasteiger partial charge < -0.3 is 4.74 Å². The van der Waals surface area contributed by atoms with Crippen LogP contribution in [0.4, 0.5) is 0 Å². The molecule has 3 unspecified atom stereocenters. The lowest BCUT2D eigenvalue weighted by Crippen LogP contribution is -2.53. The van der Waals surface area contributed by atoms with E-state index < -0.39 is 0 Å². The number of hydrogen-bond donors (Lipinski definition) is 0. The van der Waals surface area contributed by atoms with Gasteiger partial charge in [0, 0.05) is 11.0 Å². The monoisotopic (exact) mass is 378 g/mol. The number of rotatable bonds is 8. The molecule has 2 fully saturated rings. The van der Waals surface area contributed by atoms with Crippen LogP contribution in [0.3, 0.4) is 0 Å². The van der Waals surface area contributed by atoms with E-state index in [1.165, 1.54) is 55.8 Å². The van der Waals surface area contributed by atoms with E-state index in [9.17, 15) is 0 Å².